The van der Waals surface area contributed by atoms with Crippen molar-refractivity contribution < 1.29 is 9.21 Å². The maximum absolute atomic E-state index is 12.0. The highest BCUT2D eigenvalue weighted by Crippen LogP contribution is 2.09. The summed E-state index contributed by atoms with van der Waals surface area (Å²) in [6.07, 6.45) is 1.42. The molecule has 1 unspecified atom stereocenters. The van der Waals surface area contributed by atoms with E-state index in [1.165, 1.54) is 6.26 Å². The molecule has 1 aromatic rings. The minimum atomic E-state index is -0.0409. The van der Waals surface area contributed by atoms with Crippen molar-refractivity contribution in [3.05, 3.63) is 17.8 Å². The van der Waals surface area contributed by atoms with E-state index in [0.717, 1.165) is 19.6 Å². The molecule has 2 heterocycles. The van der Waals surface area contributed by atoms with Crippen molar-refractivity contribution in [2.45, 2.75) is 19.9 Å². The Morgan fingerprint density at radius 1 is 1.69 bits per heavy atom. The van der Waals surface area contributed by atoms with Crippen molar-refractivity contribution in [1.82, 2.24) is 15.2 Å². The zero-order valence-electron chi connectivity index (χ0n) is 9.40. The van der Waals surface area contributed by atoms with E-state index in [4.69, 9.17) is 4.42 Å². The Labute approximate surface area is 101 Å². The van der Waals surface area contributed by atoms with Gasteiger partial charge in [-0.1, -0.05) is 0 Å². The summed E-state index contributed by atoms with van der Waals surface area (Å²) < 4.78 is 5.04. The van der Waals surface area contributed by atoms with Crippen LogP contribution >= 0.6 is 12.4 Å². The molecule has 0 radical (unpaired) electrons. The molecule has 0 aromatic carbocycles. The molecular formula is C10H16ClN3O2. The van der Waals surface area contributed by atoms with Crippen LogP contribution in [0.4, 0.5) is 0 Å². The molecule has 1 aromatic heterocycles. The highest BCUT2D eigenvalue weighted by molar-refractivity contribution is 5.92. The number of hydrogen-bond donors (Lipinski definition) is 1. The SMILES string of the molecule is Cc1nc(C(=O)N2CCNCC2C)co1.Cl. The Morgan fingerprint density at radius 2 is 2.44 bits per heavy atom. The molecule has 0 saturated carbocycles. The number of oxazole rings is 1. The van der Waals surface area contributed by atoms with Crippen molar-refractivity contribution in [3.8, 4) is 0 Å². The molecule has 6 heteroatoms. The second-order valence-electron chi connectivity index (χ2n) is 3.80. The van der Waals surface area contributed by atoms with Gasteiger partial charge >= 0.3 is 0 Å². The molecule has 1 aliphatic heterocycles. The molecule has 0 bridgehead atoms. The van der Waals surface area contributed by atoms with E-state index in [0.29, 0.717) is 11.6 Å². The van der Waals surface area contributed by atoms with Gasteiger partial charge in [-0.3, -0.25) is 4.79 Å². The summed E-state index contributed by atoms with van der Waals surface area (Å²) in [5.74, 6) is 0.488. The number of amides is 1. The monoisotopic (exact) mass is 245 g/mol. The van der Waals surface area contributed by atoms with Gasteiger partial charge in [0.15, 0.2) is 11.6 Å². The van der Waals surface area contributed by atoms with Gasteiger partial charge in [0, 0.05) is 32.6 Å². The predicted molar refractivity (Wildman–Crippen MR) is 61.9 cm³/mol. The highest BCUT2D eigenvalue weighted by atomic mass is 35.5. The van der Waals surface area contributed by atoms with Crippen LogP contribution in [0.2, 0.25) is 0 Å². The molecule has 1 atom stereocenters. The predicted octanol–water partition coefficient (Wildman–Crippen LogP) is 0.839. The second-order valence-corrected chi connectivity index (χ2v) is 3.80. The lowest BCUT2D eigenvalue weighted by Gasteiger charge is -2.33. The first-order valence-electron chi connectivity index (χ1n) is 5.12. The number of aromatic nitrogens is 1. The molecule has 1 fully saturated rings. The Kier molecular flexibility index (Phi) is 4.32. The van der Waals surface area contributed by atoms with Gasteiger partial charge in [-0.15, -0.1) is 12.4 Å². The summed E-state index contributed by atoms with van der Waals surface area (Å²) in [6, 6.07) is 0.211. The van der Waals surface area contributed by atoms with Crippen molar-refractivity contribution in [2.24, 2.45) is 0 Å². The van der Waals surface area contributed by atoms with Crippen LogP contribution in [0.1, 0.15) is 23.3 Å². The topological polar surface area (TPSA) is 58.4 Å². The number of carbonyl (C=O) groups is 1. The highest BCUT2D eigenvalue weighted by Gasteiger charge is 2.25. The van der Waals surface area contributed by atoms with Crippen LogP contribution < -0.4 is 5.32 Å². The zero-order chi connectivity index (χ0) is 10.8. The smallest absolute Gasteiger partial charge is 0.276 e. The fourth-order valence-corrected chi connectivity index (χ4v) is 1.75. The molecule has 1 amide bonds. The van der Waals surface area contributed by atoms with Crippen LogP contribution in [0, 0.1) is 6.92 Å². The number of carbonyl (C=O) groups excluding carboxylic acids is 1. The summed E-state index contributed by atoms with van der Waals surface area (Å²) in [7, 11) is 0. The van der Waals surface area contributed by atoms with E-state index in [1.807, 2.05) is 11.8 Å². The standard InChI is InChI=1S/C10H15N3O2.ClH/c1-7-5-11-3-4-13(7)10(14)9-6-15-8(2)12-9;/h6-7,11H,3-5H2,1-2H3;1H. The Balaban J connectivity index is 0.00000128. The minimum Gasteiger partial charge on any atom is -0.448 e. The molecule has 5 nitrogen and oxygen atoms in total. The van der Waals surface area contributed by atoms with E-state index >= 15 is 0 Å². The van der Waals surface area contributed by atoms with Crippen molar-refractivity contribution in [1.29, 1.82) is 0 Å². The fourth-order valence-electron chi connectivity index (χ4n) is 1.75. The molecule has 1 saturated heterocycles. The average molecular weight is 246 g/mol. The van der Waals surface area contributed by atoms with Gasteiger partial charge in [-0.25, -0.2) is 4.98 Å². The summed E-state index contributed by atoms with van der Waals surface area (Å²) >= 11 is 0. The van der Waals surface area contributed by atoms with Crippen LogP contribution in [0.15, 0.2) is 10.7 Å². The normalized spacial score (nSPS) is 20.4. The number of rotatable bonds is 1. The Bertz CT molecular complexity index is 367. The van der Waals surface area contributed by atoms with Crippen molar-refractivity contribution in [2.75, 3.05) is 19.6 Å². The third-order valence-corrected chi connectivity index (χ3v) is 2.60. The van der Waals surface area contributed by atoms with Gasteiger partial charge in [-0.2, -0.15) is 0 Å². The number of aryl methyl sites for hydroxylation is 1. The number of nitrogens with one attached hydrogen (secondary N) is 1. The summed E-state index contributed by atoms with van der Waals surface area (Å²) in [5, 5.41) is 3.24. The number of nitrogens with zero attached hydrogens (tertiary/aromatic N) is 2. The van der Waals surface area contributed by atoms with Gasteiger partial charge in [0.2, 0.25) is 0 Å². The minimum absolute atomic E-state index is 0. The van der Waals surface area contributed by atoms with E-state index in [2.05, 4.69) is 10.3 Å². The summed E-state index contributed by atoms with van der Waals surface area (Å²) in [5.41, 5.74) is 0.404. The molecule has 0 aliphatic carbocycles. The van der Waals surface area contributed by atoms with Crippen LogP contribution in [0.5, 0.6) is 0 Å². The van der Waals surface area contributed by atoms with Crippen LogP contribution in [0.3, 0.4) is 0 Å². The number of piperazine rings is 1. The first-order chi connectivity index (χ1) is 7.18. The zero-order valence-corrected chi connectivity index (χ0v) is 10.2. The summed E-state index contributed by atoms with van der Waals surface area (Å²) in [6.45, 7) is 6.16. The van der Waals surface area contributed by atoms with Crippen LogP contribution in [-0.4, -0.2) is 41.5 Å². The van der Waals surface area contributed by atoms with Gasteiger partial charge in [0.25, 0.3) is 5.91 Å². The Hall–Kier alpha value is -1.07. The number of halogens is 1. The largest absolute Gasteiger partial charge is 0.448 e. The first-order valence-corrected chi connectivity index (χ1v) is 5.12. The van der Waals surface area contributed by atoms with Gasteiger partial charge in [-0.05, 0) is 6.92 Å². The van der Waals surface area contributed by atoms with Crippen LogP contribution in [-0.2, 0) is 0 Å². The van der Waals surface area contributed by atoms with E-state index in [9.17, 15) is 4.79 Å². The lowest BCUT2D eigenvalue weighted by atomic mass is 10.2. The lowest BCUT2D eigenvalue weighted by molar-refractivity contribution is 0.0649. The van der Waals surface area contributed by atoms with E-state index in [-0.39, 0.29) is 24.4 Å². The number of hydrogen-bond acceptors (Lipinski definition) is 4. The third-order valence-electron chi connectivity index (χ3n) is 2.60. The van der Waals surface area contributed by atoms with Crippen LogP contribution in [0.25, 0.3) is 0 Å². The van der Waals surface area contributed by atoms with E-state index in [1.54, 1.807) is 6.92 Å². The van der Waals surface area contributed by atoms with Crippen molar-refractivity contribution in [3.63, 3.8) is 0 Å². The first kappa shape index (κ1) is 13.0. The quantitative estimate of drug-likeness (QED) is 0.797. The summed E-state index contributed by atoms with van der Waals surface area (Å²) in [4.78, 5) is 17.9. The van der Waals surface area contributed by atoms with Gasteiger partial charge in [0.1, 0.15) is 6.26 Å². The molecule has 1 aliphatic rings. The molecule has 16 heavy (non-hydrogen) atoms. The fraction of sp³-hybridized carbons (Fsp3) is 0.600. The van der Waals surface area contributed by atoms with Gasteiger partial charge < -0.3 is 14.6 Å². The average Bonchev–Trinajstić information content (AvgIpc) is 2.65. The molecule has 1 N–H and O–H groups in total. The second kappa shape index (κ2) is 5.32. The molecule has 90 valence electrons. The third kappa shape index (κ3) is 2.54. The maximum Gasteiger partial charge on any atom is 0.276 e. The Morgan fingerprint density at radius 3 is 3.00 bits per heavy atom. The molecule has 0 spiro atoms. The van der Waals surface area contributed by atoms with E-state index < -0.39 is 0 Å². The molecule has 2 rings (SSSR count). The lowest BCUT2D eigenvalue weighted by Crippen LogP contribution is -2.52. The van der Waals surface area contributed by atoms with Crippen molar-refractivity contribution >= 4 is 18.3 Å². The maximum atomic E-state index is 12.0. The molecular weight excluding hydrogens is 230 g/mol. The van der Waals surface area contributed by atoms with Gasteiger partial charge in [0.05, 0.1) is 0 Å².